The average Bonchev–Trinajstić information content (AvgIpc) is 2.42. The second kappa shape index (κ2) is 8.67. The molecule has 0 aliphatic rings. The van der Waals surface area contributed by atoms with Crippen LogP contribution < -0.4 is 10.6 Å². The summed E-state index contributed by atoms with van der Waals surface area (Å²) in [5.41, 5.74) is 1.60. The molecule has 2 N–H and O–H groups in total. The molecule has 4 heteroatoms. The van der Waals surface area contributed by atoms with Crippen LogP contribution in [0.1, 0.15) is 44.5 Å². The Labute approximate surface area is 128 Å². The molecule has 118 valence electrons. The van der Waals surface area contributed by atoms with Gasteiger partial charge in [-0.25, -0.2) is 0 Å². The molecule has 1 amide bonds. The molecule has 21 heavy (non-hydrogen) atoms. The van der Waals surface area contributed by atoms with Crippen LogP contribution in [0.2, 0.25) is 0 Å². The first-order valence-electron chi connectivity index (χ1n) is 7.75. The third-order valence-electron chi connectivity index (χ3n) is 3.47. The van der Waals surface area contributed by atoms with Crippen molar-refractivity contribution < 1.29 is 4.79 Å². The van der Waals surface area contributed by atoms with E-state index in [1.807, 2.05) is 24.3 Å². The Bertz CT molecular complexity index is 443. The van der Waals surface area contributed by atoms with Crippen molar-refractivity contribution in [2.75, 3.05) is 25.5 Å². The van der Waals surface area contributed by atoms with Gasteiger partial charge in [-0.15, -0.1) is 0 Å². The average molecular weight is 291 g/mol. The summed E-state index contributed by atoms with van der Waals surface area (Å²) < 4.78 is 0. The quantitative estimate of drug-likeness (QED) is 0.724. The van der Waals surface area contributed by atoms with Gasteiger partial charge in [0, 0.05) is 24.3 Å². The first-order valence-corrected chi connectivity index (χ1v) is 7.75. The molecular formula is C17H29N3O. The van der Waals surface area contributed by atoms with Crippen LogP contribution in [0.3, 0.4) is 0 Å². The first kappa shape index (κ1) is 17.5. The molecule has 0 aliphatic heterocycles. The van der Waals surface area contributed by atoms with E-state index >= 15 is 0 Å². The predicted molar refractivity (Wildman–Crippen MR) is 89.9 cm³/mol. The molecule has 0 heterocycles. The molecule has 0 fully saturated rings. The van der Waals surface area contributed by atoms with Crippen molar-refractivity contribution in [3.8, 4) is 0 Å². The largest absolute Gasteiger partial charge is 0.382 e. The van der Waals surface area contributed by atoms with E-state index in [2.05, 4.69) is 50.3 Å². The van der Waals surface area contributed by atoms with E-state index in [1.165, 1.54) is 0 Å². The van der Waals surface area contributed by atoms with Crippen molar-refractivity contribution >= 4 is 11.6 Å². The molecular weight excluding hydrogens is 262 g/mol. The van der Waals surface area contributed by atoms with Crippen molar-refractivity contribution in [3.63, 3.8) is 0 Å². The molecule has 0 aromatic heterocycles. The molecule has 0 spiro atoms. The molecule has 0 bridgehead atoms. The number of hydrogen-bond acceptors (Lipinski definition) is 3. The van der Waals surface area contributed by atoms with Gasteiger partial charge in [-0.3, -0.25) is 4.79 Å². The minimum Gasteiger partial charge on any atom is -0.382 e. The summed E-state index contributed by atoms with van der Waals surface area (Å²) in [6.45, 7) is 10.2. The Morgan fingerprint density at radius 3 is 2.48 bits per heavy atom. The van der Waals surface area contributed by atoms with Crippen LogP contribution in [0.5, 0.6) is 0 Å². The number of anilines is 1. The van der Waals surface area contributed by atoms with E-state index in [0.29, 0.717) is 24.2 Å². The zero-order valence-electron chi connectivity index (χ0n) is 13.9. The van der Waals surface area contributed by atoms with Crippen molar-refractivity contribution in [2.45, 2.75) is 46.2 Å². The molecule has 1 rings (SSSR count). The molecule has 0 aliphatic carbocycles. The highest BCUT2D eigenvalue weighted by Crippen LogP contribution is 2.15. The summed E-state index contributed by atoms with van der Waals surface area (Å²) in [5.74, 6) is -0.00838. The number of hydrogen-bond donors (Lipinski definition) is 2. The normalized spacial score (nSPS) is 11.2. The summed E-state index contributed by atoms with van der Waals surface area (Å²) in [4.78, 5) is 14.5. The number of rotatable bonds is 8. The van der Waals surface area contributed by atoms with Gasteiger partial charge in [-0.05, 0) is 59.8 Å². The molecule has 1 aromatic rings. The second-order valence-corrected chi connectivity index (χ2v) is 6.03. The number of benzene rings is 1. The number of amides is 1. The van der Waals surface area contributed by atoms with E-state index in [9.17, 15) is 4.79 Å². The van der Waals surface area contributed by atoms with E-state index in [1.54, 1.807) is 0 Å². The highest BCUT2D eigenvalue weighted by molar-refractivity contribution is 5.99. The molecule has 0 radical (unpaired) electrons. The Morgan fingerprint density at radius 2 is 1.86 bits per heavy atom. The number of nitrogens with zero attached hydrogens (tertiary/aromatic N) is 1. The van der Waals surface area contributed by atoms with Gasteiger partial charge in [0.05, 0.1) is 5.56 Å². The summed E-state index contributed by atoms with van der Waals surface area (Å²) in [6.07, 6.45) is 0.959. The molecule has 1 aromatic carbocycles. The third kappa shape index (κ3) is 6.17. The van der Waals surface area contributed by atoms with Crippen LogP contribution in [0.4, 0.5) is 5.69 Å². The topological polar surface area (TPSA) is 44.4 Å². The van der Waals surface area contributed by atoms with Crippen molar-refractivity contribution in [1.82, 2.24) is 10.2 Å². The van der Waals surface area contributed by atoms with Gasteiger partial charge in [0.25, 0.3) is 5.91 Å². The lowest BCUT2D eigenvalue weighted by atomic mass is 10.1. The van der Waals surface area contributed by atoms with Gasteiger partial charge in [0.1, 0.15) is 0 Å². The van der Waals surface area contributed by atoms with Gasteiger partial charge >= 0.3 is 0 Å². The third-order valence-corrected chi connectivity index (χ3v) is 3.47. The monoisotopic (exact) mass is 291 g/mol. The molecule has 4 nitrogen and oxygen atoms in total. The smallest absolute Gasteiger partial charge is 0.253 e. The van der Waals surface area contributed by atoms with Gasteiger partial charge in [0.2, 0.25) is 0 Å². The zero-order valence-corrected chi connectivity index (χ0v) is 13.9. The fourth-order valence-electron chi connectivity index (χ4n) is 2.00. The lowest BCUT2D eigenvalue weighted by molar-refractivity contribution is 0.0952. The Hall–Kier alpha value is -1.55. The Balaban J connectivity index is 2.49. The lowest BCUT2D eigenvalue weighted by Crippen LogP contribution is -2.31. The van der Waals surface area contributed by atoms with Crippen LogP contribution in [-0.4, -0.2) is 43.0 Å². The van der Waals surface area contributed by atoms with E-state index in [-0.39, 0.29) is 5.91 Å². The number of carbonyl (C=O) groups excluding carboxylic acids is 1. The summed E-state index contributed by atoms with van der Waals surface area (Å²) in [5, 5.41) is 6.31. The number of nitrogens with one attached hydrogen (secondary N) is 2. The van der Waals surface area contributed by atoms with Gasteiger partial charge in [-0.2, -0.15) is 0 Å². The minimum absolute atomic E-state index is 0.00838. The van der Waals surface area contributed by atoms with Crippen molar-refractivity contribution in [2.24, 2.45) is 0 Å². The highest BCUT2D eigenvalue weighted by atomic mass is 16.1. The Kier molecular flexibility index (Phi) is 7.23. The van der Waals surface area contributed by atoms with Crippen LogP contribution >= 0.6 is 0 Å². The fraction of sp³-hybridized carbons (Fsp3) is 0.588. The molecule has 0 unspecified atom stereocenters. The van der Waals surface area contributed by atoms with Crippen LogP contribution in [0, 0.1) is 0 Å². The first-order chi connectivity index (χ1) is 9.91. The SMILES string of the molecule is CC(C)Nc1ccccc1C(=O)NCCCN(C)C(C)C. The number of carbonyl (C=O) groups is 1. The van der Waals surface area contributed by atoms with Gasteiger partial charge in [-0.1, -0.05) is 12.1 Å². The van der Waals surface area contributed by atoms with Crippen LogP contribution in [-0.2, 0) is 0 Å². The maximum absolute atomic E-state index is 12.3. The van der Waals surface area contributed by atoms with Crippen LogP contribution in [0.15, 0.2) is 24.3 Å². The number of para-hydroxylation sites is 1. The minimum atomic E-state index is -0.00838. The maximum Gasteiger partial charge on any atom is 0.253 e. The standard InChI is InChI=1S/C17H29N3O/c1-13(2)19-16-10-7-6-9-15(16)17(21)18-11-8-12-20(5)14(3)4/h6-7,9-10,13-14,19H,8,11-12H2,1-5H3,(H,18,21). The van der Waals surface area contributed by atoms with Gasteiger partial charge in [0.15, 0.2) is 0 Å². The van der Waals surface area contributed by atoms with E-state index in [4.69, 9.17) is 0 Å². The maximum atomic E-state index is 12.3. The zero-order chi connectivity index (χ0) is 15.8. The van der Waals surface area contributed by atoms with Crippen molar-refractivity contribution in [1.29, 1.82) is 0 Å². The summed E-state index contributed by atoms with van der Waals surface area (Å²) in [6, 6.07) is 8.49. The molecule has 0 saturated heterocycles. The van der Waals surface area contributed by atoms with Crippen molar-refractivity contribution in [3.05, 3.63) is 29.8 Å². The Morgan fingerprint density at radius 1 is 1.19 bits per heavy atom. The fourth-order valence-corrected chi connectivity index (χ4v) is 2.00. The van der Waals surface area contributed by atoms with Crippen LogP contribution in [0.25, 0.3) is 0 Å². The lowest BCUT2D eigenvalue weighted by Gasteiger charge is -2.20. The molecule has 0 atom stereocenters. The van der Waals surface area contributed by atoms with E-state index < -0.39 is 0 Å². The second-order valence-electron chi connectivity index (χ2n) is 6.03. The molecule has 0 saturated carbocycles. The summed E-state index contributed by atoms with van der Waals surface area (Å²) >= 11 is 0. The summed E-state index contributed by atoms with van der Waals surface area (Å²) in [7, 11) is 2.11. The predicted octanol–water partition coefficient (Wildman–Crippen LogP) is 2.97. The van der Waals surface area contributed by atoms with Gasteiger partial charge < -0.3 is 15.5 Å². The van der Waals surface area contributed by atoms with E-state index in [0.717, 1.165) is 18.7 Å². The highest BCUT2D eigenvalue weighted by Gasteiger charge is 2.11.